The molecule has 2 rings (SSSR count). The smallest absolute Gasteiger partial charge is 0.220 e. The first kappa shape index (κ1) is 17.1. The molecule has 0 saturated heterocycles. The predicted molar refractivity (Wildman–Crippen MR) is 93.8 cm³/mol. The number of hydrogen-bond donors (Lipinski definition) is 1. The van der Waals surface area contributed by atoms with Crippen molar-refractivity contribution in [1.82, 2.24) is 5.32 Å². The Kier molecular flexibility index (Phi) is 6.67. The largest absolute Gasteiger partial charge is 0.497 e. The fourth-order valence-corrected chi connectivity index (χ4v) is 2.45. The Morgan fingerprint density at radius 2 is 1.83 bits per heavy atom. The van der Waals surface area contributed by atoms with Crippen LogP contribution >= 0.6 is 0 Å². The fraction of sp³-hybridized carbons (Fsp3) is 0.350. The maximum absolute atomic E-state index is 11.9. The number of carbonyl (C=O) groups is 1. The van der Waals surface area contributed by atoms with Gasteiger partial charge in [-0.1, -0.05) is 42.0 Å². The normalized spacial score (nSPS) is 10.3. The van der Waals surface area contributed by atoms with Gasteiger partial charge in [0, 0.05) is 13.0 Å². The molecule has 0 aliphatic carbocycles. The van der Waals surface area contributed by atoms with E-state index in [0.29, 0.717) is 13.0 Å². The second kappa shape index (κ2) is 8.99. The first-order valence-corrected chi connectivity index (χ1v) is 8.12. The van der Waals surface area contributed by atoms with Crippen molar-refractivity contribution in [3.8, 4) is 5.75 Å². The molecule has 0 atom stereocenters. The third kappa shape index (κ3) is 6.15. The molecule has 0 unspecified atom stereocenters. The third-order valence-corrected chi connectivity index (χ3v) is 3.86. The Morgan fingerprint density at radius 1 is 1.04 bits per heavy atom. The highest BCUT2D eigenvalue weighted by Gasteiger charge is 2.02. The number of methoxy groups -OCH3 is 1. The molecule has 0 aromatic heterocycles. The highest BCUT2D eigenvalue weighted by molar-refractivity contribution is 5.76. The first-order valence-electron chi connectivity index (χ1n) is 8.12. The lowest BCUT2D eigenvalue weighted by atomic mass is 10.1. The highest BCUT2D eigenvalue weighted by atomic mass is 16.5. The highest BCUT2D eigenvalue weighted by Crippen LogP contribution is 2.13. The molecule has 1 N–H and O–H groups in total. The molecule has 0 radical (unpaired) electrons. The van der Waals surface area contributed by atoms with E-state index in [1.165, 1.54) is 16.7 Å². The van der Waals surface area contributed by atoms with E-state index in [1.807, 2.05) is 18.2 Å². The Balaban J connectivity index is 1.63. The zero-order chi connectivity index (χ0) is 16.5. The van der Waals surface area contributed by atoms with Gasteiger partial charge in [0.15, 0.2) is 0 Å². The molecule has 0 saturated carbocycles. The number of rotatable bonds is 8. The standard InChI is InChI=1S/C20H25NO2/c1-16-8-10-17(11-9-16)12-13-20(22)21-14-4-6-18-5-3-7-19(15-18)23-2/h3,5,7-11,15H,4,6,12-14H2,1-2H3,(H,21,22). The van der Waals surface area contributed by atoms with Crippen LogP contribution in [0.2, 0.25) is 0 Å². The van der Waals surface area contributed by atoms with E-state index in [9.17, 15) is 4.79 Å². The summed E-state index contributed by atoms with van der Waals surface area (Å²) in [5.74, 6) is 1.00. The molecule has 3 nitrogen and oxygen atoms in total. The number of benzene rings is 2. The van der Waals surface area contributed by atoms with Gasteiger partial charge in [0.2, 0.25) is 5.91 Å². The molecule has 0 heterocycles. The molecular weight excluding hydrogens is 286 g/mol. The minimum Gasteiger partial charge on any atom is -0.497 e. The summed E-state index contributed by atoms with van der Waals surface area (Å²) in [6.07, 6.45) is 3.21. The maximum atomic E-state index is 11.9. The Bertz CT molecular complexity index is 620. The molecule has 0 aliphatic heterocycles. The molecule has 0 spiro atoms. The molecule has 1 amide bonds. The van der Waals surface area contributed by atoms with E-state index in [2.05, 4.69) is 42.6 Å². The van der Waals surface area contributed by atoms with Crippen molar-refractivity contribution in [3.05, 3.63) is 65.2 Å². The van der Waals surface area contributed by atoms with Gasteiger partial charge in [0.05, 0.1) is 7.11 Å². The first-order chi connectivity index (χ1) is 11.2. The number of hydrogen-bond acceptors (Lipinski definition) is 2. The van der Waals surface area contributed by atoms with Crippen LogP contribution in [-0.2, 0) is 17.6 Å². The number of amides is 1. The van der Waals surface area contributed by atoms with E-state index < -0.39 is 0 Å². The van der Waals surface area contributed by atoms with Crippen LogP contribution in [0.3, 0.4) is 0 Å². The lowest BCUT2D eigenvalue weighted by Gasteiger charge is -2.07. The van der Waals surface area contributed by atoms with Crippen LogP contribution in [0.5, 0.6) is 5.75 Å². The number of aryl methyl sites for hydroxylation is 3. The summed E-state index contributed by atoms with van der Waals surface area (Å²) in [5.41, 5.74) is 3.69. The number of nitrogens with one attached hydrogen (secondary N) is 1. The van der Waals surface area contributed by atoms with Crippen LogP contribution in [0.25, 0.3) is 0 Å². The van der Waals surface area contributed by atoms with Gasteiger partial charge in [-0.3, -0.25) is 4.79 Å². The van der Waals surface area contributed by atoms with E-state index in [4.69, 9.17) is 4.74 Å². The summed E-state index contributed by atoms with van der Waals surface area (Å²) in [6, 6.07) is 16.4. The molecule has 0 aliphatic rings. The van der Waals surface area contributed by atoms with Crippen molar-refractivity contribution >= 4 is 5.91 Å². The van der Waals surface area contributed by atoms with E-state index in [1.54, 1.807) is 7.11 Å². The van der Waals surface area contributed by atoms with Crippen LogP contribution in [0.1, 0.15) is 29.5 Å². The summed E-state index contributed by atoms with van der Waals surface area (Å²) in [5, 5.41) is 2.99. The molecule has 122 valence electrons. The average molecular weight is 311 g/mol. The Hall–Kier alpha value is -2.29. The molecule has 2 aromatic rings. The minimum absolute atomic E-state index is 0.121. The molecule has 2 aromatic carbocycles. The fourth-order valence-electron chi connectivity index (χ4n) is 2.45. The Labute approximate surface area is 138 Å². The average Bonchev–Trinajstić information content (AvgIpc) is 2.58. The van der Waals surface area contributed by atoms with E-state index in [0.717, 1.165) is 25.0 Å². The molecule has 0 bridgehead atoms. The number of ether oxygens (including phenoxy) is 1. The van der Waals surface area contributed by atoms with Gasteiger partial charge in [-0.05, 0) is 49.4 Å². The van der Waals surface area contributed by atoms with Crippen molar-refractivity contribution < 1.29 is 9.53 Å². The summed E-state index contributed by atoms with van der Waals surface area (Å²) < 4.78 is 5.21. The van der Waals surface area contributed by atoms with Gasteiger partial charge in [-0.25, -0.2) is 0 Å². The topological polar surface area (TPSA) is 38.3 Å². The molecular formula is C20H25NO2. The second-order valence-corrected chi connectivity index (χ2v) is 5.79. The van der Waals surface area contributed by atoms with Crippen molar-refractivity contribution in [2.45, 2.75) is 32.6 Å². The van der Waals surface area contributed by atoms with Gasteiger partial charge < -0.3 is 10.1 Å². The summed E-state index contributed by atoms with van der Waals surface area (Å²) in [6.45, 7) is 2.78. The van der Waals surface area contributed by atoms with E-state index >= 15 is 0 Å². The summed E-state index contributed by atoms with van der Waals surface area (Å²) in [4.78, 5) is 11.9. The SMILES string of the molecule is COc1cccc(CCCNC(=O)CCc2ccc(C)cc2)c1. The molecule has 0 fully saturated rings. The molecule has 23 heavy (non-hydrogen) atoms. The zero-order valence-electron chi connectivity index (χ0n) is 14.0. The van der Waals surface area contributed by atoms with Gasteiger partial charge in [0.1, 0.15) is 5.75 Å². The van der Waals surface area contributed by atoms with Gasteiger partial charge in [-0.2, -0.15) is 0 Å². The zero-order valence-corrected chi connectivity index (χ0v) is 14.0. The lowest BCUT2D eigenvalue weighted by Crippen LogP contribution is -2.24. The molecule has 3 heteroatoms. The lowest BCUT2D eigenvalue weighted by molar-refractivity contribution is -0.121. The second-order valence-electron chi connectivity index (χ2n) is 5.79. The third-order valence-electron chi connectivity index (χ3n) is 3.86. The quantitative estimate of drug-likeness (QED) is 0.755. The summed E-state index contributed by atoms with van der Waals surface area (Å²) in [7, 11) is 1.67. The summed E-state index contributed by atoms with van der Waals surface area (Å²) >= 11 is 0. The van der Waals surface area contributed by atoms with Crippen LogP contribution in [0.4, 0.5) is 0 Å². The monoisotopic (exact) mass is 311 g/mol. The van der Waals surface area contributed by atoms with Crippen LogP contribution < -0.4 is 10.1 Å². The van der Waals surface area contributed by atoms with Crippen molar-refractivity contribution in [2.75, 3.05) is 13.7 Å². The maximum Gasteiger partial charge on any atom is 0.220 e. The van der Waals surface area contributed by atoms with Crippen LogP contribution in [0, 0.1) is 6.92 Å². The van der Waals surface area contributed by atoms with Crippen LogP contribution in [0.15, 0.2) is 48.5 Å². The predicted octanol–water partition coefficient (Wildman–Crippen LogP) is 3.69. The van der Waals surface area contributed by atoms with Crippen molar-refractivity contribution in [2.24, 2.45) is 0 Å². The van der Waals surface area contributed by atoms with Crippen molar-refractivity contribution in [3.63, 3.8) is 0 Å². The van der Waals surface area contributed by atoms with E-state index in [-0.39, 0.29) is 5.91 Å². The van der Waals surface area contributed by atoms with Crippen LogP contribution in [-0.4, -0.2) is 19.6 Å². The minimum atomic E-state index is 0.121. The number of carbonyl (C=O) groups excluding carboxylic acids is 1. The van der Waals surface area contributed by atoms with Gasteiger partial charge in [0.25, 0.3) is 0 Å². The van der Waals surface area contributed by atoms with Crippen molar-refractivity contribution in [1.29, 1.82) is 0 Å². The van der Waals surface area contributed by atoms with Gasteiger partial charge >= 0.3 is 0 Å². The van der Waals surface area contributed by atoms with Gasteiger partial charge in [-0.15, -0.1) is 0 Å². The Morgan fingerprint density at radius 3 is 2.57 bits per heavy atom.